The largest absolute Gasteiger partial charge is 0.465 e. The van der Waals surface area contributed by atoms with Crippen molar-refractivity contribution >= 4 is 11.9 Å². The first-order valence-electron chi connectivity index (χ1n) is 5.52. The molecule has 1 aromatic heterocycles. The molecular weight excluding hydrogens is 254 g/mol. The van der Waals surface area contributed by atoms with Crippen LogP contribution in [0, 0.1) is 0 Å². The quantitative estimate of drug-likeness (QED) is 0.433. The molecule has 0 saturated carbocycles. The molecule has 104 valence electrons. The summed E-state index contributed by atoms with van der Waals surface area (Å²) in [7, 11) is 2.43. The fraction of sp³-hybridized carbons (Fsp3) is 0.417. The van der Waals surface area contributed by atoms with Gasteiger partial charge in [-0.1, -0.05) is 0 Å². The van der Waals surface area contributed by atoms with Crippen LogP contribution >= 0.6 is 0 Å². The lowest BCUT2D eigenvalue weighted by Crippen LogP contribution is -2.14. The summed E-state index contributed by atoms with van der Waals surface area (Å²) in [5, 5.41) is 0. The van der Waals surface area contributed by atoms with Crippen molar-refractivity contribution in [2.45, 2.75) is 6.92 Å². The molecule has 1 aromatic rings. The molecule has 1 rings (SSSR count). The number of methoxy groups -OCH3 is 2. The van der Waals surface area contributed by atoms with Gasteiger partial charge < -0.3 is 18.9 Å². The maximum Gasteiger partial charge on any atom is 0.360 e. The average molecular weight is 269 g/mol. The number of carbonyl (C=O) groups excluding carboxylic acids is 2. The summed E-state index contributed by atoms with van der Waals surface area (Å²) in [6.45, 7) is 2.25. The molecule has 0 saturated heterocycles. The second-order valence-corrected chi connectivity index (χ2v) is 3.28. The van der Waals surface area contributed by atoms with Crippen LogP contribution < -0.4 is 4.74 Å². The lowest BCUT2D eigenvalue weighted by Gasteiger charge is -2.10. The molecule has 0 unspecified atom stereocenters. The van der Waals surface area contributed by atoms with E-state index in [1.807, 2.05) is 6.92 Å². The number of pyridine rings is 1. The summed E-state index contributed by atoms with van der Waals surface area (Å²) in [5.74, 6) is -1.19. The number of nitrogens with zero attached hydrogens (tertiary/aromatic N) is 1. The highest BCUT2D eigenvalue weighted by Gasteiger charge is 2.19. The summed E-state index contributed by atoms with van der Waals surface area (Å²) >= 11 is 0. The lowest BCUT2D eigenvalue weighted by molar-refractivity contribution is 0.0206. The number of esters is 2. The van der Waals surface area contributed by atoms with E-state index in [2.05, 4.69) is 14.5 Å². The van der Waals surface area contributed by atoms with Crippen LogP contribution in [0.25, 0.3) is 0 Å². The zero-order valence-corrected chi connectivity index (χ0v) is 11.0. The molecule has 0 fully saturated rings. The molecule has 0 aliphatic heterocycles. The normalized spacial score (nSPS) is 9.84. The standard InChI is InChI=1S/C12H15NO6/c1-4-18-7-19-9-6-5-8(11(14)16-2)13-10(9)12(15)17-3/h5-6H,4,7H2,1-3H3. The number of rotatable bonds is 6. The molecule has 0 aliphatic rings. The van der Waals surface area contributed by atoms with Crippen LogP contribution in [0.15, 0.2) is 12.1 Å². The Balaban J connectivity index is 3.02. The van der Waals surface area contributed by atoms with Gasteiger partial charge in [-0.25, -0.2) is 14.6 Å². The van der Waals surface area contributed by atoms with Crippen molar-refractivity contribution in [1.29, 1.82) is 0 Å². The Morgan fingerprint density at radius 1 is 1.16 bits per heavy atom. The minimum atomic E-state index is -0.711. The Morgan fingerprint density at radius 2 is 1.84 bits per heavy atom. The highest BCUT2D eigenvalue weighted by atomic mass is 16.7. The Morgan fingerprint density at radius 3 is 2.42 bits per heavy atom. The average Bonchev–Trinajstić information content (AvgIpc) is 2.46. The first-order valence-corrected chi connectivity index (χ1v) is 5.52. The van der Waals surface area contributed by atoms with E-state index in [4.69, 9.17) is 9.47 Å². The van der Waals surface area contributed by atoms with Crippen LogP contribution in [0.1, 0.15) is 27.9 Å². The minimum absolute atomic E-state index is 0.00772. The van der Waals surface area contributed by atoms with Gasteiger partial charge in [0.05, 0.1) is 14.2 Å². The monoisotopic (exact) mass is 269 g/mol. The van der Waals surface area contributed by atoms with E-state index in [1.54, 1.807) is 0 Å². The summed E-state index contributed by atoms with van der Waals surface area (Å²) in [5.41, 5.74) is -0.114. The second kappa shape index (κ2) is 7.32. The van der Waals surface area contributed by atoms with Crippen molar-refractivity contribution < 1.29 is 28.5 Å². The molecule has 7 heteroatoms. The second-order valence-electron chi connectivity index (χ2n) is 3.28. The van der Waals surface area contributed by atoms with Crippen molar-refractivity contribution in [3.8, 4) is 5.75 Å². The van der Waals surface area contributed by atoms with Gasteiger partial charge >= 0.3 is 11.9 Å². The fourth-order valence-electron chi connectivity index (χ4n) is 1.21. The van der Waals surface area contributed by atoms with Crippen LogP contribution in [0.4, 0.5) is 0 Å². The Bertz CT molecular complexity index is 460. The van der Waals surface area contributed by atoms with Gasteiger partial charge in [-0.05, 0) is 19.1 Å². The van der Waals surface area contributed by atoms with Crippen LogP contribution in [-0.4, -0.2) is 44.5 Å². The number of hydrogen-bond donors (Lipinski definition) is 0. The van der Waals surface area contributed by atoms with Gasteiger partial charge in [-0.15, -0.1) is 0 Å². The molecule has 19 heavy (non-hydrogen) atoms. The van der Waals surface area contributed by atoms with Crippen molar-refractivity contribution in [3.05, 3.63) is 23.5 Å². The number of carbonyl (C=O) groups is 2. The maximum atomic E-state index is 11.6. The number of aromatic nitrogens is 1. The third-order valence-corrected chi connectivity index (χ3v) is 2.13. The summed E-state index contributed by atoms with van der Waals surface area (Å²) in [6, 6.07) is 2.82. The topological polar surface area (TPSA) is 84.0 Å². The predicted octanol–water partition coefficient (Wildman–Crippen LogP) is 1.03. The molecule has 0 aliphatic carbocycles. The lowest BCUT2D eigenvalue weighted by atomic mass is 10.2. The molecule has 0 aromatic carbocycles. The number of hydrogen-bond acceptors (Lipinski definition) is 7. The van der Waals surface area contributed by atoms with E-state index in [0.29, 0.717) is 6.61 Å². The smallest absolute Gasteiger partial charge is 0.360 e. The molecule has 0 atom stereocenters. The Hall–Kier alpha value is -2.15. The third-order valence-electron chi connectivity index (χ3n) is 2.13. The summed E-state index contributed by atoms with van der Waals surface area (Å²) in [6.07, 6.45) is 0. The van der Waals surface area contributed by atoms with Crippen LogP contribution in [0.2, 0.25) is 0 Å². The molecule has 0 N–H and O–H groups in total. The van der Waals surface area contributed by atoms with E-state index in [1.165, 1.54) is 26.4 Å². The summed E-state index contributed by atoms with van der Waals surface area (Å²) in [4.78, 5) is 26.8. The van der Waals surface area contributed by atoms with Gasteiger partial charge in [0.2, 0.25) is 0 Å². The SMILES string of the molecule is CCOCOc1ccc(C(=O)OC)nc1C(=O)OC. The predicted molar refractivity (Wildman–Crippen MR) is 64.0 cm³/mol. The maximum absolute atomic E-state index is 11.6. The van der Waals surface area contributed by atoms with Crippen molar-refractivity contribution in [2.75, 3.05) is 27.6 Å². The Labute approximate surface area is 110 Å². The molecule has 0 bridgehead atoms. The van der Waals surface area contributed by atoms with Crippen LogP contribution in [0.5, 0.6) is 5.75 Å². The van der Waals surface area contributed by atoms with Gasteiger partial charge in [0.1, 0.15) is 5.69 Å². The molecule has 0 radical (unpaired) electrons. The minimum Gasteiger partial charge on any atom is -0.465 e. The van der Waals surface area contributed by atoms with Crippen molar-refractivity contribution in [2.24, 2.45) is 0 Å². The molecule has 1 heterocycles. The zero-order valence-electron chi connectivity index (χ0n) is 11.0. The van der Waals surface area contributed by atoms with Crippen LogP contribution in [-0.2, 0) is 14.2 Å². The van der Waals surface area contributed by atoms with Gasteiger partial charge in [0.15, 0.2) is 18.2 Å². The van der Waals surface area contributed by atoms with Crippen molar-refractivity contribution in [3.63, 3.8) is 0 Å². The van der Waals surface area contributed by atoms with E-state index in [-0.39, 0.29) is 23.9 Å². The van der Waals surface area contributed by atoms with Crippen LogP contribution in [0.3, 0.4) is 0 Å². The van der Waals surface area contributed by atoms with Gasteiger partial charge in [0.25, 0.3) is 0 Å². The van der Waals surface area contributed by atoms with Gasteiger partial charge in [0, 0.05) is 6.61 Å². The van der Waals surface area contributed by atoms with E-state index >= 15 is 0 Å². The highest BCUT2D eigenvalue weighted by molar-refractivity contribution is 5.93. The summed E-state index contributed by atoms with van der Waals surface area (Å²) < 4.78 is 19.3. The fourth-order valence-corrected chi connectivity index (χ4v) is 1.21. The van der Waals surface area contributed by atoms with E-state index < -0.39 is 11.9 Å². The highest BCUT2D eigenvalue weighted by Crippen LogP contribution is 2.18. The first-order chi connectivity index (χ1) is 9.13. The first kappa shape index (κ1) is 14.9. The van der Waals surface area contributed by atoms with Crippen molar-refractivity contribution in [1.82, 2.24) is 4.98 Å². The number of ether oxygens (including phenoxy) is 4. The molecule has 0 spiro atoms. The van der Waals surface area contributed by atoms with Gasteiger partial charge in [-0.3, -0.25) is 0 Å². The van der Waals surface area contributed by atoms with E-state index in [0.717, 1.165) is 0 Å². The third kappa shape index (κ3) is 3.92. The molecule has 7 nitrogen and oxygen atoms in total. The Kier molecular flexibility index (Phi) is 5.74. The van der Waals surface area contributed by atoms with E-state index in [9.17, 15) is 9.59 Å². The molecule has 0 amide bonds. The van der Waals surface area contributed by atoms with Gasteiger partial charge in [-0.2, -0.15) is 0 Å². The molecular formula is C12H15NO6. The zero-order chi connectivity index (χ0) is 14.3.